The number of rotatable bonds is 3. The number of hydrogen-bond acceptors (Lipinski definition) is 3. The molecule has 0 saturated carbocycles. The van der Waals surface area contributed by atoms with Gasteiger partial charge in [0.25, 0.3) is 0 Å². The minimum absolute atomic E-state index is 0.232. The van der Waals surface area contributed by atoms with Gasteiger partial charge in [-0.3, -0.25) is 0 Å². The first-order valence-electron chi connectivity index (χ1n) is 3.40. The van der Waals surface area contributed by atoms with Crippen LogP contribution in [0, 0.1) is 0 Å². The number of pyridine rings is 1. The molecule has 12 heavy (non-hydrogen) atoms. The second kappa shape index (κ2) is 4.07. The summed E-state index contributed by atoms with van der Waals surface area (Å²) < 4.78 is 4.92. The lowest BCUT2D eigenvalue weighted by atomic mass is 10.2. The monoisotopic (exact) mass is 185 g/mol. The third-order valence-corrected chi connectivity index (χ3v) is 1.79. The Kier molecular flexibility index (Phi) is 3.05. The minimum Gasteiger partial charge on any atom is -0.481 e. The molecule has 4 heteroatoms. The summed E-state index contributed by atoms with van der Waals surface area (Å²) >= 11 is 5.81. The van der Waals surface area contributed by atoms with Crippen molar-refractivity contribution >= 4 is 17.9 Å². The van der Waals surface area contributed by atoms with Crippen molar-refractivity contribution in [2.75, 3.05) is 7.11 Å². The Bertz CT molecular complexity index is 288. The van der Waals surface area contributed by atoms with Gasteiger partial charge in [-0.25, -0.2) is 4.98 Å². The molecule has 0 amide bonds. The van der Waals surface area contributed by atoms with E-state index in [1.54, 1.807) is 6.07 Å². The normalized spacial score (nSPS) is 9.50. The fourth-order valence-electron chi connectivity index (χ4n) is 0.895. The molecule has 1 rings (SSSR count). The SMILES string of the molecule is COc1nccc(Cl)c1CC=O. The number of ether oxygens (including phenoxy) is 1. The Hall–Kier alpha value is -1.09. The molecule has 0 fully saturated rings. The summed E-state index contributed by atoms with van der Waals surface area (Å²) in [4.78, 5) is 14.2. The molecule has 3 nitrogen and oxygen atoms in total. The molecule has 0 radical (unpaired) electrons. The molecule has 0 aromatic carbocycles. The van der Waals surface area contributed by atoms with Gasteiger partial charge in [0.2, 0.25) is 5.88 Å². The van der Waals surface area contributed by atoms with Crippen LogP contribution in [0.2, 0.25) is 5.02 Å². The zero-order chi connectivity index (χ0) is 8.97. The minimum atomic E-state index is 0.232. The second-order valence-corrected chi connectivity index (χ2v) is 2.56. The summed E-state index contributed by atoms with van der Waals surface area (Å²) in [5.74, 6) is 0.412. The highest BCUT2D eigenvalue weighted by molar-refractivity contribution is 6.31. The van der Waals surface area contributed by atoms with E-state index in [-0.39, 0.29) is 6.42 Å². The standard InChI is InChI=1S/C8H8ClNO2/c1-12-8-6(3-5-11)7(9)2-4-10-8/h2,4-5H,3H2,1H3. The van der Waals surface area contributed by atoms with Crippen molar-refractivity contribution in [2.24, 2.45) is 0 Å². The van der Waals surface area contributed by atoms with E-state index in [1.165, 1.54) is 13.3 Å². The fourth-order valence-corrected chi connectivity index (χ4v) is 1.11. The molecule has 1 aromatic heterocycles. The van der Waals surface area contributed by atoms with Crippen molar-refractivity contribution in [2.45, 2.75) is 6.42 Å². The lowest BCUT2D eigenvalue weighted by molar-refractivity contribution is -0.107. The van der Waals surface area contributed by atoms with Crippen LogP contribution in [0.15, 0.2) is 12.3 Å². The number of aromatic nitrogens is 1. The highest BCUT2D eigenvalue weighted by Crippen LogP contribution is 2.23. The molecule has 0 aliphatic heterocycles. The number of hydrogen-bond donors (Lipinski definition) is 0. The average molecular weight is 186 g/mol. The van der Waals surface area contributed by atoms with Gasteiger partial charge in [-0.15, -0.1) is 0 Å². The molecule has 0 aliphatic rings. The number of carbonyl (C=O) groups is 1. The van der Waals surface area contributed by atoms with Crippen LogP contribution in [0.4, 0.5) is 0 Å². The smallest absolute Gasteiger partial charge is 0.218 e. The molecule has 1 heterocycles. The van der Waals surface area contributed by atoms with E-state index >= 15 is 0 Å². The van der Waals surface area contributed by atoms with Crippen LogP contribution in [-0.2, 0) is 11.2 Å². The van der Waals surface area contributed by atoms with Gasteiger partial charge in [-0.2, -0.15) is 0 Å². The lowest BCUT2D eigenvalue weighted by Crippen LogP contribution is -1.96. The van der Waals surface area contributed by atoms with Gasteiger partial charge >= 0.3 is 0 Å². The van der Waals surface area contributed by atoms with Gasteiger partial charge in [-0.1, -0.05) is 11.6 Å². The van der Waals surface area contributed by atoms with Crippen molar-refractivity contribution in [3.8, 4) is 5.88 Å². The molecule has 0 N–H and O–H groups in total. The number of methoxy groups -OCH3 is 1. The summed E-state index contributed by atoms with van der Waals surface area (Å²) in [6, 6.07) is 1.63. The predicted octanol–water partition coefficient (Wildman–Crippen LogP) is 1.48. The highest BCUT2D eigenvalue weighted by atomic mass is 35.5. The van der Waals surface area contributed by atoms with Crippen molar-refractivity contribution in [3.05, 3.63) is 22.8 Å². The Labute approximate surface area is 75.3 Å². The summed E-state index contributed by atoms with van der Waals surface area (Å²) in [6.07, 6.45) is 2.54. The van der Waals surface area contributed by atoms with Crippen LogP contribution >= 0.6 is 11.6 Å². The quantitative estimate of drug-likeness (QED) is 0.670. The van der Waals surface area contributed by atoms with Crippen molar-refractivity contribution < 1.29 is 9.53 Å². The molecular formula is C8H8ClNO2. The molecule has 0 bridgehead atoms. The Balaban J connectivity index is 3.10. The van der Waals surface area contributed by atoms with E-state index in [4.69, 9.17) is 16.3 Å². The Morgan fingerprint density at radius 1 is 1.75 bits per heavy atom. The zero-order valence-electron chi connectivity index (χ0n) is 6.58. The molecule has 1 aromatic rings. The van der Waals surface area contributed by atoms with Crippen LogP contribution in [0.3, 0.4) is 0 Å². The fraction of sp³-hybridized carbons (Fsp3) is 0.250. The van der Waals surface area contributed by atoms with Gasteiger partial charge in [0.05, 0.1) is 12.1 Å². The van der Waals surface area contributed by atoms with E-state index in [1.807, 2.05) is 0 Å². The summed E-state index contributed by atoms with van der Waals surface area (Å²) in [6.45, 7) is 0. The van der Waals surface area contributed by atoms with Gasteiger partial charge in [-0.05, 0) is 6.07 Å². The van der Waals surface area contributed by atoms with Gasteiger partial charge in [0, 0.05) is 18.2 Å². The van der Waals surface area contributed by atoms with Crippen molar-refractivity contribution in [3.63, 3.8) is 0 Å². The zero-order valence-corrected chi connectivity index (χ0v) is 7.34. The van der Waals surface area contributed by atoms with E-state index in [0.717, 1.165) is 6.29 Å². The molecular weight excluding hydrogens is 178 g/mol. The number of halogens is 1. The first-order valence-corrected chi connectivity index (χ1v) is 3.78. The van der Waals surface area contributed by atoms with Crippen LogP contribution in [0.1, 0.15) is 5.56 Å². The van der Waals surface area contributed by atoms with E-state index in [9.17, 15) is 4.79 Å². The largest absolute Gasteiger partial charge is 0.481 e. The third-order valence-electron chi connectivity index (χ3n) is 1.44. The van der Waals surface area contributed by atoms with Crippen LogP contribution in [-0.4, -0.2) is 18.4 Å². The van der Waals surface area contributed by atoms with Crippen molar-refractivity contribution in [1.29, 1.82) is 0 Å². The summed E-state index contributed by atoms with van der Waals surface area (Å²) in [5.41, 5.74) is 0.636. The Morgan fingerprint density at radius 2 is 2.50 bits per heavy atom. The lowest BCUT2D eigenvalue weighted by Gasteiger charge is -2.04. The van der Waals surface area contributed by atoms with Gasteiger partial charge < -0.3 is 9.53 Å². The van der Waals surface area contributed by atoms with E-state index in [0.29, 0.717) is 16.5 Å². The third kappa shape index (κ3) is 1.74. The maximum absolute atomic E-state index is 10.3. The molecule has 0 unspecified atom stereocenters. The number of carbonyl (C=O) groups excluding carboxylic acids is 1. The number of aldehydes is 1. The summed E-state index contributed by atoms with van der Waals surface area (Å²) in [7, 11) is 1.49. The van der Waals surface area contributed by atoms with Crippen LogP contribution < -0.4 is 4.74 Å². The van der Waals surface area contributed by atoms with Gasteiger partial charge in [0.1, 0.15) is 6.29 Å². The summed E-state index contributed by atoms with van der Waals surface area (Å²) in [5, 5.41) is 0.508. The predicted molar refractivity (Wildman–Crippen MR) is 45.6 cm³/mol. The maximum Gasteiger partial charge on any atom is 0.218 e. The van der Waals surface area contributed by atoms with E-state index in [2.05, 4.69) is 4.98 Å². The van der Waals surface area contributed by atoms with Crippen LogP contribution in [0.5, 0.6) is 5.88 Å². The molecule has 0 spiro atoms. The Morgan fingerprint density at radius 3 is 3.08 bits per heavy atom. The maximum atomic E-state index is 10.3. The number of nitrogens with zero attached hydrogens (tertiary/aromatic N) is 1. The highest BCUT2D eigenvalue weighted by Gasteiger charge is 2.07. The molecule has 0 aliphatic carbocycles. The molecule has 64 valence electrons. The first-order chi connectivity index (χ1) is 5.79. The van der Waals surface area contributed by atoms with E-state index < -0.39 is 0 Å². The van der Waals surface area contributed by atoms with Crippen molar-refractivity contribution in [1.82, 2.24) is 4.98 Å². The molecule has 0 saturated heterocycles. The first kappa shape index (κ1) is 9.00. The average Bonchev–Trinajstić information content (AvgIpc) is 2.09. The van der Waals surface area contributed by atoms with Crippen LogP contribution in [0.25, 0.3) is 0 Å². The van der Waals surface area contributed by atoms with Gasteiger partial charge in [0.15, 0.2) is 0 Å². The topological polar surface area (TPSA) is 39.2 Å². The molecule has 0 atom stereocenters. The second-order valence-electron chi connectivity index (χ2n) is 2.15.